The normalized spacial score (nSPS) is 18.5. The molecule has 3 aliphatic rings. The Morgan fingerprint density at radius 3 is 2.46 bits per heavy atom. The number of carbonyl (C=O) groups excluding carboxylic acids is 2. The van der Waals surface area contributed by atoms with Gasteiger partial charge in [0, 0.05) is 29.1 Å². The van der Waals surface area contributed by atoms with E-state index >= 15 is 0 Å². The molecule has 5 heterocycles. The second kappa shape index (κ2) is 15.6. The number of hydrogen-bond donors (Lipinski definition) is 0. The summed E-state index contributed by atoms with van der Waals surface area (Å²) in [5.74, 6) is 0.623. The SMILES string of the molecule is COc1ccc(C(Cc2c(Cl)c[n+]([O-])cc2Cl)OC(=O)c2ccc(CN(C(=O)O[C@H]3CN4CCC3CC4)c3cccc(C#N)c3)s2)cc1OC. The predicted molar refractivity (Wildman–Crippen MR) is 188 cm³/mol. The maximum atomic E-state index is 13.7. The Morgan fingerprint density at radius 2 is 1.80 bits per heavy atom. The second-order valence-electron chi connectivity index (χ2n) is 12.1. The van der Waals surface area contributed by atoms with Gasteiger partial charge in [-0.15, -0.1) is 11.3 Å². The maximum Gasteiger partial charge on any atom is 0.414 e. The second-order valence-corrected chi connectivity index (χ2v) is 14.1. The number of rotatable bonds is 11. The van der Waals surface area contributed by atoms with Gasteiger partial charge in [0.2, 0.25) is 0 Å². The lowest BCUT2D eigenvalue weighted by Gasteiger charge is -2.44. The predicted octanol–water partition coefficient (Wildman–Crippen LogP) is 6.96. The molecule has 11 nitrogen and oxygen atoms in total. The number of fused-ring (bicyclic) bond motifs is 3. The first-order chi connectivity index (χ1) is 24.1. The van der Waals surface area contributed by atoms with E-state index in [1.807, 2.05) is 0 Å². The van der Waals surface area contributed by atoms with Crippen LogP contribution in [0.15, 0.2) is 67.0 Å². The van der Waals surface area contributed by atoms with Gasteiger partial charge < -0.3 is 24.2 Å². The molecule has 0 N–H and O–H groups in total. The van der Waals surface area contributed by atoms with E-state index in [1.165, 1.54) is 42.8 Å². The molecule has 0 saturated carbocycles. The number of pyridine rings is 1. The summed E-state index contributed by atoms with van der Waals surface area (Å²) in [5, 5.41) is 21.7. The fourth-order valence-corrected chi connectivity index (χ4v) is 7.83. The molecule has 0 radical (unpaired) electrons. The minimum Gasteiger partial charge on any atom is -0.619 e. The van der Waals surface area contributed by atoms with Crippen LogP contribution in [0.2, 0.25) is 10.0 Å². The van der Waals surface area contributed by atoms with Gasteiger partial charge in [-0.2, -0.15) is 9.99 Å². The molecule has 2 atom stereocenters. The zero-order valence-corrected chi connectivity index (χ0v) is 29.7. The molecule has 7 rings (SSSR count). The number of thiophene rings is 1. The smallest absolute Gasteiger partial charge is 0.414 e. The van der Waals surface area contributed by atoms with Crippen molar-refractivity contribution in [3.8, 4) is 17.6 Å². The van der Waals surface area contributed by atoms with Gasteiger partial charge in [-0.1, -0.05) is 35.3 Å². The number of nitriles is 1. The van der Waals surface area contributed by atoms with Crippen LogP contribution in [0.4, 0.5) is 10.5 Å². The molecule has 50 heavy (non-hydrogen) atoms. The van der Waals surface area contributed by atoms with Crippen LogP contribution in [-0.2, 0) is 22.4 Å². The number of halogens is 2. The summed E-state index contributed by atoms with van der Waals surface area (Å²) in [4.78, 5) is 32.2. The molecule has 1 unspecified atom stereocenters. The number of hydrogen-bond acceptors (Lipinski definition) is 10. The zero-order valence-electron chi connectivity index (χ0n) is 27.3. The molecule has 3 fully saturated rings. The molecule has 14 heteroatoms. The van der Waals surface area contributed by atoms with E-state index in [-0.39, 0.29) is 29.1 Å². The van der Waals surface area contributed by atoms with Gasteiger partial charge in [-0.05, 0) is 79.9 Å². The van der Waals surface area contributed by atoms with Crippen LogP contribution in [0.3, 0.4) is 0 Å². The third-order valence-electron chi connectivity index (χ3n) is 9.01. The van der Waals surface area contributed by atoms with Crippen LogP contribution < -0.4 is 19.1 Å². The number of esters is 1. The molecule has 3 saturated heterocycles. The number of methoxy groups -OCH3 is 2. The number of anilines is 1. The molecule has 3 aliphatic heterocycles. The summed E-state index contributed by atoms with van der Waals surface area (Å²) in [6.07, 6.45) is 2.80. The van der Waals surface area contributed by atoms with Crippen molar-refractivity contribution in [2.45, 2.75) is 38.0 Å². The van der Waals surface area contributed by atoms with E-state index in [2.05, 4.69) is 11.0 Å². The van der Waals surface area contributed by atoms with E-state index in [4.69, 9.17) is 42.1 Å². The van der Waals surface area contributed by atoms with Gasteiger partial charge >= 0.3 is 12.1 Å². The van der Waals surface area contributed by atoms with Crippen molar-refractivity contribution in [1.82, 2.24) is 4.90 Å². The Bertz CT molecular complexity index is 1900. The first-order valence-electron chi connectivity index (χ1n) is 15.9. The Morgan fingerprint density at radius 1 is 1.06 bits per heavy atom. The average molecular weight is 738 g/mol. The fourth-order valence-electron chi connectivity index (χ4n) is 6.35. The van der Waals surface area contributed by atoms with Gasteiger partial charge in [-0.3, -0.25) is 9.80 Å². The molecule has 0 aliphatic carbocycles. The first kappa shape index (κ1) is 35.3. The first-order valence-corrected chi connectivity index (χ1v) is 17.5. The van der Waals surface area contributed by atoms with E-state index in [9.17, 15) is 20.1 Å². The van der Waals surface area contributed by atoms with Gasteiger partial charge in [-0.25, -0.2) is 9.59 Å². The average Bonchev–Trinajstić information content (AvgIpc) is 3.60. The van der Waals surface area contributed by atoms with Crippen LogP contribution in [0.25, 0.3) is 0 Å². The minimum atomic E-state index is -0.882. The number of benzene rings is 2. The molecular weight excluding hydrogens is 703 g/mol. The zero-order chi connectivity index (χ0) is 35.4. The molecule has 260 valence electrons. The molecule has 1 amide bonds. The van der Waals surface area contributed by atoms with Crippen molar-refractivity contribution in [2.75, 3.05) is 38.8 Å². The van der Waals surface area contributed by atoms with E-state index in [0.29, 0.717) is 60.8 Å². The van der Waals surface area contributed by atoms with Crippen molar-refractivity contribution in [2.24, 2.45) is 5.92 Å². The highest BCUT2D eigenvalue weighted by Gasteiger charge is 2.37. The number of aromatic nitrogens is 1. The van der Waals surface area contributed by atoms with E-state index < -0.39 is 18.2 Å². The third kappa shape index (κ3) is 7.92. The lowest BCUT2D eigenvalue weighted by atomic mass is 9.86. The largest absolute Gasteiger partial charge is 0.619 e. The highest BCUT2D eigenvalue weighted by Crippen LogP contribution is 2.36. The summed E-state index contributed by atoms with van der Waals surface area (Å²) in [6, 6.07) is 17.4. The van der Waals surface area contributed by atoms with Crippen LogP contribution in [0.1, 0.15) is 50.2 Å². The minimum absolute atomic E-state index is 0.0619. The number of nitrogens with zero attached hydrogens (tertiary/aromatic N) is 4. The topological polar surface area (TPSA) is 128 Å². The highest BCUT2D eigenvalue weighted by molar-refractivity contribution is 7.14. The summed E-state index contributed by atoms with van der Waals surface area (Å²) in [6.45, 7) is 2.84. The number of carbonyl (C=O) groups is 2. The quantitative estimate of drug-likeness (QED) is 0.0912. The molecule has 2 bridgehead atoms. The third-order valence-corrected chi connectivity index (χ3v) is 10.7. The van der Waals surface area contributed by atoms with Crippen molar-refractivity contribution < 1.29 is 33.3 Å². The van der Waals surface area contributed by atoms with Crippen molar-refractivity contribution in [1.29, 1.82) is 5.26 Å². The maximum absolute atomic E-state index is 13.7. The molecule has 4 aromatic rings. The van der Waals surface area contributed by atoms with E-state index in [0.717, 1.165) is 25.9 Å². The van der Waals surface area contributed by atoms with Crippen molar-refractivity contribution >= 4 is 52.3 Å². The van der Waals surface area contributed by atoms with Gasteiger partial charge in [0.15, 0.2) is 23.9 Å². The fraction of sp³-hybridized carbons (Fsp3) is 0.333. The van der Waals surface area contributed by atoms with Gasteiger partial charge in [0.25, 0.3) is 0 Å². The highest BCUT2D eigenvalue weighted by atomic mass is 35.5. The molecule has 2 aromatic heterocycles. The lowest BCUT2D eigenvalue weighted by molar-refractivity contribution is -0.605. The Labute approximate surface area is 303 Å². The number of amides is 1. The Kier molecular flexibility index (Phi) is 11.0. The Balaban J connectivity index is 1.24. The van der Waals surface area contributed by atoms with E-state index in [1.54, 1.807) is 54.6 Å². The lowest BCUT2D eigenvalue weighted by Crippen LogP contribution is -2.53. The van der Waals surface area contributed by atoms with Crippen LogP contribution >= 0.6 is 34.5 Å². The Hall–Kier alpha value is -4.54. The van der Waals surface area contributed by atoms with Gasteiger partial charge in [0.05, 0.1) is 32.4 Å². The van der Waals surface area contributed by atoms with Crippen molar-refractivity contribution in [3.63, 3.8) is 0 Å². The standard InChI is InChI=1S/C36H34Cl2N4O7S/c1-46-30-8-6-24(15-32(30)47-2)31(16-27-28(37)19-41(45)20-29(27)38)48-35(43)34-9-7-26(50-34)18-42(25-5-3-4-22(14-25)17-39)36(44)49-33-21-40-12-10-23(33)11-13-40/h3-9,14-15,19-20,23,31,33H,10-13,16,18,21H2,1-2H3/t31?,33-/m0/s1. The number of ether oxygens (including phenoxy) is 4. The van der Waals surface area contributed by atoms with Crippen LogP contribution in [0.5, 0.6) is 11.5 Å². The number of piperidine rings is 3. The summed E-state index contributed by atoms with van der Waals surface area (Å²) in [7, 11) is 3.02. The summed E-state index contributed by atoms with van der Waals surface area (Å²) < 4.78 is 23.5. The summed E-state index contributed by atoms with van der Waals surface area (Å²) >= 11 is 14.0. The van der Waals surface area contributed by atoms with Crippen LogP contribution in [0, 0.1) is 22.5 Å². The van der Waals surface area contributed by atoms with Gasteiger partial charge in [0.1, 0.15) is 27.1 Å². The molecular formula is C36H34Cl2N4O7S. The molecule has 2 aromatic carbocycles. The monoisotopic (exact) mass is 736 g/mol. The van der Waals surface area contributed by atoms with Crippen LogP contribution in [-0.4, -0.2) is 56.9 Å². The van der Waals surface area contributed by atoms with Crippen molar-refractivity contribution in [3.05, 3.63) is 109 Å². The molecule has 0 spiro atoms. The summed E-state index contributed by atoms with van der Waals surface area (Å²) in [5.41, 5.74) is 1.93.